The lowest BCUT2D eigenvalue weighted by molar-refractivity contribution is 0.385. The van der Waals surface area contributed by atoms with Crippen LogP contribution in [-0.4, -0.2) is 12.2 Å². The summed E-state index contributed by atoms with van der Waals surface area (Å²) in [6.45, 7) is 0. The zero-order chi connectivity index (χ0) is 12.9. The van der Waals surface area contributed by atoms with Crippen LogP contribution in [0.3, 0.4) is 0 Å². The summed E-state index contributed by atoms with van der Waals surface area (Å²) < 4.78 is 37.6. The minimum absolute atomic E-state index is 0.0196. The van der Waals surface area contributed by atoms with E-state index in [1.165, 1.54) is 25.3 Å². The summed E-state index contributed by atoms with van der Waals surface area (Å²) in [5.41, 5.74) is -0.258. The average molecular weight is 250 g/mol. The molecule has 0 atom stereocenters. The van der Waals surface area contributed by atoms with Crippen molar-refractivity contribution in [1.29, 1.82) is 0 Å². The van der Waals surface area contributed by atoms with E-state index in [4.69, 9.17) is 9.15 Å². The van der Waals surface area contributed by atoms with E-state index < -0.39 is 17.4 Å². The average Bonchev–Trinajstić information content (AvgIpc) is 2.75. The van der Waals surface area contributed by atoms with E-state index >= 15 is 0 Å². The Labute approximate surface area is 100 Å². The summed E-state index contributed by atoms with van der Waals surface area (Å²) in [4.78, 5) is 0. The summed E-state index contributed by atoms with van der Waals surface area (Å²) in [5.74, 6) is -2.10. The van der Waals surface area contributed by atoms with Gasteiger partial charge in [0.25, 0.3) is 0 Å². The van der Waals surface area contributed by atoms with Crippen molar-refractivity contribution >= 4 is 21.9 Å². The second-order valence-electron chi connectivity index (χ2n) is 3.84. The van der Waals surface area contributed by atoms with Crippen LogP contribution in [0.5, 0.6) is 11.5 Å². The van der Waals surface area contributed by atoms with Gasteiger partial charge in [-0.05, 0) is 24.3 Å². The monoisotopic (exact) mass is 250 g/mol. The first-order valence-electron chi connectivity index (χ1n) is 5.19. The van der Waals surface area contributed by atoms with E-state index in [0.717, 1.165) is 0 Å². The van der Waals surface area contributed by atoms with E-state index in [2.05, 4.69) is 0 Å². The number of furan rings is 1. The van der Waals surface area contributed by atoms with Gasteiger partial charge in [-0.15, -0.1) is 0 Å². The lowest BCUT2D eigenvalue weighted by Crippen LogP contribution is -1.87. The topological polar surface area (TPSA) is 42.6 Å². The van der Waals surface area contributed by atoms with Crippen molar-refractivity contribution in [2.75, 3.05) is 7.11 Å². The summed E-state index contributed by atoms with van der Waals surface area (Å²) in [7, 11) is 1.33. The fraction of sp³-hybridized carbons (Fsp3) is 0.0769. The number of aromatic hydroxyl groups is 1. The van der Waals surface area contributed by atoms with Gasteiger partial charge in [-0.2, -0.15) is 8.78 Å². The lowest BCUT2D eigenvalue weighted by atomic mass is 10.1. The molecule has 1 N–H and O–H groups in total. The summed E-state index contributed by atoms with van der Waals surface area (Å²) in [5, 5.41) is 10.1. The maximum Gasteiger partial charge on any atom is 0.208 e. The van der Waals surface area contributed by atoms with Gasteiger partial charge < -0.3 is 14.3 Å². The molecule has 0 amide bonds. The highest BCUT2D eigenvalue weighted by atomic mass is 19.1. The number of hydrogen-bond donors (Lipinski definition) is 1. The van der Waals surface area contributed by atoms with Crippen LogP contribution in [-0.2, 0) is 0 Å². The molecule has 0 unspecified atom stereocenters. The number of benzene rings is 2. The third-order valence-corrected chi connectivity index (χ3v) is 2.85. The summed E-state index contributed by atoms with van der Waals surface area (Å²) >= 11 is 0. The SMILES string of the molecule is COc1ccc2c(oc3c(F)c(O)ccc32)c1F. The van der Waals surface area contributed by atoms with Gasteiger partial charge >= 0.3 is 0 Å². The molecule has 1 aromatic heterocycles. The Bertz CT molecular complexity index is 762. The number of methoxy groups -OCH3 is 1. The Morgan fingerprint density at radius 2 is 1.61 bits per heavy atom. The first-order chi connectivity index (χ1) is 8.63. The summed E-state index contributed by atoms with van der Waals surface area (Å²) in [6.07, 6.45) is 0. The molecule has 2 aromatic carbocycles. The number of hydrogen-bond acceptors (Lipinski definition) is 3. The van der Waals surface area contributed by atoms with Crippen molar-refractivity contribution in [2.24, 2.45) is 0 Å². The molecular weight excluding hydrogens is 242 g/mol. The Hall–Kier alpha value is -2.30. The molecule has 0 radical (unpaired) electrons. The second kappa shape index (κ2) is 3.60. The predicted octanol–water partition coefficient (Wildman–Crippen LogP) is 3.58. The van der Waals surface area contributed by atoms with Gasteiger partial charge in [-0.25, -0.2) is 0 Å². The quantitative estimate of drug-likeness (QED) is 0.717. The molecule has 18 heavy (non-hydrogen) atoms. The third-order valence-electron chi connectivity index (χ3n) is 2.85. The molecule has 3 nitrogen and oxygen atoms in total. The van der Waals surface area contributed by atoms with Crippen LogP contribution < -0.4 is 4.74 Å². The minimum Gasteiger partial charge on any atom is -0.505 e. The van der Waals surface area contributed by atoms with Crippen LogP contribution in [0.25, 0.3) is 21.9 Å². The smallest absolute Gasteiger partial charge is 0.208 e. The number of fused-ring (bicyclic) bond motifs is 3. The fourth-order valence-electron chi connectivity index (χ4n) is 1.97. The number of ether oxygens (including phenoxy) is 1. The van der Waals surface area contributed by atoms with Gasteiger partial charge in [0.15, 0.2) is 22.7 Å². The van der Waals surface area contributed by atoms with Crippen molar-refractivity contribution in [3.8, 4) is 11.5 Å². The van der Waals surface area contributed by atoms with E-state index in [1.807, 2.05) is 0 Å². The molecular formula is C13H8F2O3. The van der Waals surface area contributed by atoms with E-state index in [9.17, 15) is 13.9 Å². The fourth-order valence-corrected chi connectivity index (χ4v) is 1.97. The zero-order valence-corrected chi connectivity index (χ0v) is 9.33. The van der Waals surface area contributed by atoms with Gasteiger partial charge in [0.1, 0.15) is 0 Å². The Kier molecular flexibility index (Phi) is 2.16. The second-order valence-corrected chi connectivity index (χ2v) is 3.84. The van der Waals surface area contributed by atoms with Gasteiger partial charge in [0.05, 0.1) is 7.11 Å². The first-order valence-corrected chi connectivity index (χ1v) is 5.19. The molecule has 0 aliphatic heterocycles. The van der Waals surface area contributed by atoms with Crippen molar-refractivity contribution in [2.45, 2.75) is 0 Å². The standard InChI is InChI=1S/C13H8F2O3/c1-17-9-5-3-7-6-2-4-8(16)10(14)12(6)18-13(7)11(9)15/h2-5,16H,1H3. The predicted molar refractivity (Wildman–Crippen MR) is 61.9 cm³/mol. The van der Waals surface area contributed by atoms with Crippen LogP contribution >= 0.6 is 0 Å². The Morgan fingerprint density at radius 3 is 2.28 bits per heavy atom. The minimum atomic E-state index is -0.901. The Balaban J connectivity index is 2.50. The number of phenolic OH excluding ortho intramolecular Hbond substituents is 1. The van der Waals surface area contributed by atoms with Crippen LogP contribution in [0.15, 0.2) is 28.7 Å². The Morgan fingerprint density at radius 1 is 1.00 bits per heavy atom. The third kappa shape index (κ3) is 1.27. The van der Waals surface area contributed by atoms with Crippen molar-refractivity contribution in [3.05, 3.63) is 35.9 Å². The molecule has 1 heterocycles. The maximum atomic E-state index is 13.9. The zero-order valence-electron chi connectivity index (χ0n) is 9.33. The largest absolute Gasteiger partial charge is 0.505 e. The van der Waals surface area contributed by atoms with E-state index in [-0.39, 0.29) is 16.9 Å². The van der Waals surface area contributed by atoms with E-state index in [1.54, 1.807) is 6.07 Å². The van der Waals surface area contributed by atoms with Crippen LogP contribution in [0.1, 0.15) is 0 Å². The summed E-state index contributed by atoms with van der Waals surface area (Å²) in [6, 6.07) is 5.71. The number of halogens is 2. The van der Waals surface area contributed by atoms with Crippen LogP contribution in [0.4, 0.5) is 8.78 Å². The van der Waals surface area contributed by atoms with E-state index in [0.29, 0.717) is 10.8 Å². The molecule has 92 valence electrons. The normalized spacial score (nSPS) is 11.3. The highest BCUT2D eigenvalue weighted by Crippen LogP contribution is 2.37. The highest BCUT2D eigenvalue weighted by molar-refractivity contribution is 6.06. The number of phenols is 1. The molecule has 0 spiro atoms. The molecule has 0 bridgehead atoms. The van der Waals surface area contributed by atoms with Crippen LogP contribution in [0, 0.1) is 11.6 Å². The number of rotatable bonds is 1. The molecule has 0 saturated heterocycles. The molecule has 5 heteroatoms. The van der Waals surface area contributed by atoms with Crippen molar-refractivity contribution in [1.82, 2.24) is 0 Å². The maximum absolute atomic E-state index is 13.9. The molecule has 0 aliphatic rings. The van der Waals surface area contributed by atoms with Gasteiger partial charge in [0.2, 0.25) is 11.6 Å². The highest BCUT2D eigenvalue weighted by Gasteiger charge is 2.18. The molecule has 0 aliphatic carbocycles. The van der Waals surface area contributed by atoms with Crippen molar-refractivity contribution in [3.63, 3.8) is 0 Å². The lowest BCUT2D eigenvalue weighted by Gasteiger charge is -2.00. The first kappa shape index (κ1) is 10.8. The molecule has 0 saturated carbocycles. The van der Waals surface area contributed by atoms with Gasteiger partial charge in [-0.1, -0.05) is 0 Å². The molecule has 3 aromatic rings. The van der Waals surface area contributed by atoms with Gasteiger partial charge in [0, 0.05) is 10.8 Å². The van der Waals surface area contributed by atoms with Crippen molar-refractivity contribution < 1.29 is 23.0 Å². The van der Waals surface area contributed by atoms with Gasteiger partial charge in [-0.3, -0.25) is 0 Å². The van der Waals surface area contributed by atoms with Crippen LogP contribution in [0.2, 0.25) is 0 Å². The molecule has 0 fully saturated rings. The molecule has 3 rings (SSSR count).